The molecule has 1 aromatic carbocycles. The van der Waals surface area contributed by atoms with Crippen molar-refractivity contribution in [3.8, 4) is 11.5 Å². The van der Waals surface area contributed by atoms with Gasteiger partial charge in [-0.05, 0) is 26.0 Å². The molecule has 0 aromatic heterocycles. The molecular weight excluding hydrogens is 224 g/mol. The minimum absolute atomic E-state index is 0.0289. The average Bonchev–Trinajstić information content (AvgIpc) is 2.59. The molecule has 0 spiro atoms. The summed E-state index contributed by atoms with van der Waals surface area (Å²) < 4.78 is 10.5. The third-order valence-electron chi connectivity index (χ3n) is 2.50. The predicted octanol–water partition coefficient (Wildman–Crippen LogP) is 1.50. The molecule has 0 radical (unpaired) electrons. The van der Waals surface area contributed by atoms with Crippen LogP contribution in [-0.2, 0) is 4.79 Å². The maximum absolute atomic E-state index is 11.3. The Hall–Kier alpha value is -2.04. The molecule has 5 heteroatoms. The van der Waals surface area contributed by atoms with Gasteiger partial charge in [-0.3, -0.25) is 4.79 Å². The molecule has 1 aliphatic heterocycles. The number of carboxylic acids is 1. The highest BCUT2D eigenvalue weighted by molar-refractivity contribution is 6.02. The van der Waals surface area contributed by atoms with E-state index in [1.165, 1.54) is 19.9 Å². The number of ether oxygens (including phenoxy) is 2. The number of Topliss-reactive ketones (excluding diaryl/α,β-unsaturated/α-hetero) is 1. The summed E-state index contributed by atoms with van der Waals surface area (Å²) in [7, 11) is 0. The fraction of sp³-hybridized carbons (Fsp3) is 0.333. The summed E-state index contributed by atoms with van der Waals surface area (Å²) in [5.41, 5.74) is -0.817. The Morgan fingerprint density at radius 3 is 2.82 bits per heavy atom. The Balaban J connectivity index is 2.25. The van der Waals surface area contributed by atoms with E-state index in [4.69, 9.17) is 14.6 Å². The molecule has 0 bridgehead atoms. The number of carbonyl (C=O) groups excluding carboxylic acids is 1. The van der Waals surface area contributed by atoms with Gasteiger partial charge in [-0.1, -0.05) is 0 Å². The highest BCUT2D eigenvalue weighted by Crippen LogP contribution is 2.31. The van der Waals surface area contributed by atoms with Gasteiger partial charge in [0.05, 0.1) is 5.56 Å². The molecule has 0 fully saturated rings. The van der Waals surface area contributed by atoms with Crippen LogP contribution in [0.25, 0.3) is 0 Å². The van der Waals surface area contributed by atoms with Gasteiger partial charge in [0.25, 0.3) is 0 Å². The van der Waals surface area contributed by atoms with Gasteiger partial charge in [-0.25, -0.2) is 4.79 Å². The van der Waals surface area contributed by atoms with Crippen LogP contribution in [0, 0.1) is 0 Å². The summed E-state index contributed by atoms with van der Waals surface area (Å²) in [6, 6.07) is 4.68. The highest BCUT2D eigenvalue weighted by Gasteiger charge is 2.30. The molecule has 90 valence electrons. The number of aliphatic carboxylic acids is 1. The van der Waals surface area contributed by atoms with Gasteiger partial charge < -0.3 is 14.6 Å². The number of ketones is 1. The largest absolute Gasteiger partial charge is 0.485 e. The van der Waals surface area contributed by atoms with Gasteiger partial charge in [0.15, 0.2) is 12.2 Å². The zero-order chi connectivity index (χ0) is 12.6. The Morgan fingerprint density at radius 2 is 2.18 bits per heavy atom. The van der Waals surface area contributed by atoms with Crippen molar-refractivity contribution >= 4 is 11.8 Å². The third kappa shape index (κ3) is 2.08. The van der Waals surface area contributed by atoms with Crippen LogP contribution in [0.2, 0.25) is 0 Å². The van der Waals surface area contributed by atoms with Gasteiger partial charge in [-0.2, -0.15) is 0 Å². The van der Waals surface area contributed by atoms with Crippen LogP contribution in [0.15, 0.2) is 18.2 Å². The molecule has 1 aromatic rings. The van der Waals surface area contributed by atoms with E-state index < -0.39 is 11.6 Å². The first kappa shape index (κ1) is 11.4. The molecule has 0 aliphatic carbocycles. The summed E-state index contributed by atoms with van der Waals surface area (Å²) in [4.78, 5) is 22.2. The Labute approximate surface area is 98.0 Å². The number of fused-ring (bicyclic) bond motifs is 1. The molecule has 1 heterocycles. The second-order valence-electron chi connectivity index (χ2n) is 4.29. The topological polar surface area (TPSA) is 72.8 Å². The van der Waals surface area contributed by atoms with E-state index in [1.54, 1.807) is 12.1 Å². The van der Waals surface area contributed by atoms with E-state index in [9.17, 15) is 9.59 Å². The molecule has 2 rings (SSSR count). The first-order valence-corrected chi connectivity index (χ1v) is 5.12. The van der Waals surface area contributed by atoms with E-state index in [0.717, 1.165) is 0 Å². The van der Waals surface area contributed by atoms with E-state index in [-0.39, 0.29) is 12.4 Å². The van der Waals surface area contributed by atoms with Gasteiger partial charge in [0.1, 0.15) is 11.5 Å². The third-order valence-corrected chi connectivity index (χ3v) is 2.50. The summed E-state index contributed by atoms with van der Waals surface area (Å²) in [6.45, 7) is 2.93. The minimum atomic E-state index is -1.32. The monoisotopic (exact) mass is 236 g/mol. The fourth-order valence-electron chi connectivity index (χ4n) is 1.48. The number of carboxylic acid groups (broad SMARTS) is 1. The van der Waals surface area contributed by atoms with Crippen molar-refractivity contribution in [1.82, 2.24) is 0 Å². The molecule has 0 amide bonds. The first-order valence-electron chi connectivity index (χ1n) is 5.12. The quantitative estimate of drug-likeness (QED) is 0.861. The van der Waals surface area contributed by atoms with Crippen molar-refractivity contribution in [2.24, 2.45) is 0 Å². The minimum Gasteiger partial charge on any atom is -0.485 e. The zero-order valence-electron chi connectivity index (χ0n) is 9.52. The molecule has 1 aliphatic rings. The number of hydrogen-bond donors (Lipinski definition) is 1. The Morgan fingerprint density at radius 1 is 1.47 bits per heavy atom. The first-order chi connectivity index (χ1) is 7.90. The standard InChI is InChI=1S/C12H12O5/c1-12(2,11(14)15)17-7-3-4-8-9(13)6-16-10(8)5-7/h3-5H,6H2,1-2H3,(H,14,15). The van der Waals surface area contributed by atoms with Crippen LogP contribution in [0.5, 0.6) is 11.5 Å². The lowest BCUT2D eigenvalue weighted by atomic mass is 10.1. The van der Waals surface area contributed by atoms with Gasteiger partial charge in [-0.15, -0.1) is 0 Å². The maximum atomic E-state index is 11.3. The second kappa shape index (κ2) is 3.76. The zero-order valence-corrected chi connectivity index (χ0v) is 9.52. The van der Waals surface area contributed by atoms with Crippen molar-refractivity contribution < 1.29 is 24.2 Å². The van der Waals surface area contributed by atoms with Crippen molar-refractivity contribution in [3.63, 3.8) is 0 Å². The Bertz CT molecular complexity index is 490. The lowest BCUT2D eigenvalue weighted by Crippen LogP contribution is -2.37. The van der Waals surface area contributed by atoms with Crippen molar-refractivity contribution in [2.75, 3.05) is 6.61 Å². The van der Waals surface area contributed by atoms with Crippen LogP contribution in [0.3, 0.4) is 0 Å². The SMILES string of the molecule is CC(C)(Oc1ccc2c(c1)OCC2=O)C(=O)O. The summed E-state index contributed by atoms with van der Waals surface area (Å²) in [6.07, 6.45) is 0. The van der Waals surface area contributed by atoms with Crippen molar-refractivity contribution in [3.05, 3.63) is 23.8 Å². The molecule has 17 heavy (non-hydrogen) atoms. The summed E-state index contributed by atoms with van der Waals surface area (Å²) >= 11 is 0. The maximum Gasteiger partial charge on any atom is 0.347 e. The van der Waals surface area contributed by atoms with Gasteiger partial charge in [0.2, 0.25) is 5.78 Å². The van der Waals surface area contributed by atoms with Crippen LogP contribution < -0.4 is 9.47 Å². The van der Waals surface area contributed by atoms with E-state index >= 15 is 0 Å². The van der Waals surface area contributed by atoms with Crippen LogP contribution in [0.1, 0.15) is 24.2 Å². The highest BCUT2D eigenvalue weighted by atomic mass is 16.5. The molecular formula is C12H12O5. The second-order valence-corrected chi connectivity index (χ2v) is 4.29. The normalized spacial score (nSPS) is 14.1. The predicted molar refractivity (Wildman–Crippen MR) is 58.6 cm³/mol. The van der Waals surface area contributed by atoms with Crippen molar-refractivity contribution in [1.29, 1.82) is 0 Å². The van der Waals surface area contributed by atoms with Crippen LogP contribution >= 0.6 is 0 Å². The number of hydrogen-bond acceptors (Lipinski definition) is 4. The molecule has 1 N–H and O–H groups in total. The Kier molecular flexibility index (Phi) is 2.53. The molecule has 0 saturated heterocycles. The van der Waals surface area contributed by atoms with Crippen molar-refractivity contribution in [2.45, 2.75) is 19.4 Å². The summed E-state index contributed by atoms with van der Waals surface area (Å²) in [5, 5.41) is 8.93. The lowest BCUT2D eigenvalue weighted by molar-refractivity contribution is -0.152. The van der Waals surface area contributed by atoms with E-state index in [1.807, 2.05) is 0 Å². The van der Waals surface area contributed by atoms with E-state index in [0.29, 0.717) is 17.1 Å². The molecule has 0 atom stereocenters. The average molecular weight is 236 g/mol. The van der Waals surface area contributed by atoms with Crippen LogP contribution in [-0.4, -0.2) is 29.1 Å². The van der Waals surface area contributed by atoms with Gasteiger partial charge >= 0.3 is 5.97 Å². The number of carbonyl (C=O) groups is 2. The van der Waals surface area contributed by atoms with Crippen LogP contribution in [0.4, 0.5) is 0 Å². The lowest BCUT2D eigenvalue weighted by Gasteiger charge is -2.21. The molecule has 0 unspecified atom stereocenters. The number of rotatable bonds is 3. The smallest absolute Gasteiger partial charge is 0.347 e. The number of benzene rings is 1. The summed E-state index contributed by atoms with van der Waals surface area (Å²) in [5.74, 6) is -0.335. The fourth-order valence-corrected chi connectivity index (χ4v) is 1.48. The van der Waals surface area contributed by atoms with E-state index in [2.05, 4.69) is 0 Å². The molecule has 0 saturated carbocycles. The van der Waals surface area contributed by atoms with Gasteiger partial charge in [0, 0.05) is 6.07 Å². The molecule has 5 nitrogen and oxygen atoms in total.